The van der Waals surface area contributed by atoms with Crippen LogP contribution in [0.4, 0.5) is 5.69 Å². The molecule has 0 aliphatic carbocycles. The fourth-order valence-corrected chi connectivity index (χ4v) is 2.38. The summed E-state index contributed by atoms with van der Waals surface area (Å²) in [6, 6.07) is 2.02. The minimum atomic E-state index is -0.372. The molecule has 2 aromatic heterocycles. The van der Waals surface area contributed by atoms with Crippen molar-refractivity contribution in [3.8, 4) is 5.82 Å². The topological polar surface area (TPSA) is 78.8 Å². The first kappa shape index (κ1) is 15.2. The van der Waals surface area contributed by atoms with Crippen LogP contribution >= 0.6 is 0 Å². The van der Waals surface area contributed by atoms with Gasteiger partial charge in [0.25, 0.3) is 0 Å². The van der Waals surface area contributed by atoms with Crippen molar-refractivity contribution in [2.75, 3.05) is 0 Å². The summed E-state index contributed by atoms with van der Waals surface area (Å²) in [6.07, 6.45) is 1.55. The number of aryl methyl sites for hydroxylation is 3. The summed E-state index contributed by atoms with van der Waals surface area (Å²) in [7, 11) is 0. The lowest BCUT2D eigenvalue weighted by Crippen LogP contribution is -2.14. The molecule has 0 spiro atoms. The van der Waals surface area contributed by atoms with Crippen molar-refractivity contribution >= 4 is 5.69 Å². The fraction of sp³-hybridized carbons (Fsp3) is 0.571. The maximum atomic E-state index is 11.4. The largest absolute Gasteiger partial charge is 0.336 e. The second-order valence-corrected chi connectivity index (χ2v) is 5.30. The molecule has 114 valence electrons. The zero-order chi connectivity index (χ0) is 15.7. The van der Waals surface area contributed by atoms with E-state index in [1.54, 1.807) is 16.3 Å². The minimum absolute atomic E-state index is 0.0198. The number of rotatable bonds is 5. The van der Waals surface area contributed by atoms with E-state index in [9.17, 15) is 10.1 Å². The van der Waals surface area contributed by atoms with Crippen molar-refractivity contribution in [1.82, 2.24) is 19.6 Å². The molecule has 0 saturated carbocycles. The van der Waals surface area contributed by atoms with E-state index in [0.29, 0.717) is 11.5 Å². The molecule has 0 N–H and O–H groups in total. The van der Waals surface area contributed by atoms with Gasteiger partial charge in [0, 0.05) is 11.7 Å². The fourth-order valence-electron chi connectivity index (χ4n) is 2.38. The highest BCUT2D eigenvalue weighted by Crippen LogP contribution is 2.30. The Morgan fingerprint density at radius 2 is 1.95 bits per heavy atom. The van der Waals surface area contributed by atoms with E-state index in [1.807, 2.05) is 33.8 Å². The predicted molar refractivity (Wildman–Crippen MR) is 79.9 cm³/mol. The smallest absolute Gasteiger partial charge is 0.258 e. The molecular weight excluding hydrogens is 270 g/mol. The first-order valence-corrected chi connectivity index (χ1v) is 7.22. The summed E-state index contributed by atoms with van der Waals surface area (Å²) in [6.45, 7) is 9.61. The van der Waals surface area contributed by atoms with Gasteiger partial charge in [0.2, 0.25) is 5.82 Å². The predicted octanol–water partition coefficient (Wildman–Crippen LogP) is 2.99. The van der Waals surface area contributed by atoms with Gasteiger partial charge in [-0.3, -0.25) is 10.1 Å². The van der Waals surface area contributed by atoms with Gasteiger partial charge in [-0.2, -0.15) is 10.2 Å². The van der Waals surface area contributed by atoms with Gasteiger partial charge in [0.15, 0.2) is 0 Å². The lowest BCUT2D eigenvalue weighted by Gasteiger charge is -2.11. The SMILES string of the molecule is CCc1cc(CC)n(-c2c([N+](=O)[O-])c(C)nn2C(C)C)n1. The van der Waals surface area contributed by atoms with Crippen LogP contribution in [0, 0.1) is 17.0 Å². The molecule has 0 bridgehead atoms. The van der Waals surface area contributed by atoms with Gasteiger partial charge in [0.05, 0.1) is 10.6 Å². The molecule has 2 heterocycles. The maximum absolute atomic E-state index is 11.4. The molecule has 0 aliphatic rings. The van der Waals surface area contributed by atoms with Crippen molar-refractivity contribution in [2.24, 2.45) is 0 Å². The van der Waals surface area contributed by atoms with Crippen LogP contribution in [0.2, 0.25) is 0 Å². The van der Waals surface area contributed by atoms with Gasteiger partial charge < -0.3 is 0 Å². The molecule has 0 saturated heterocycles. The van der Waals surface area contributed by atoms with Crippen LogP contribution in [0.3, 0.4) is 0 Å². The van der Waals surface area contributed by atoms with E-state index in [4.69, 9.17) is 0 Å². The molecule has 0 amide bonds. The van der Waals surface area contributed by atoms with E-state index in [-0.39, 0.29) is 16.7 Å². The number of hydrogen-bond acceptors (Lipinski definition) is 4. The molecule has 7 nitrogen and oxygen atoms in total. The highest BCUT2D eigenvalue weighted by atomic mass is 16.6. The van der Waals surface area contributed by atoms with Crippen LogP contribution in [-0.2, 0) is 12.8 Å². The van der Waals surface area contributed by atoms with Gasteiger partial charge in [-0.15, -0.1) is 0 Å². The monoisotopic (exact) mass is 291 g/mol. The molecule has 0 radical (unpaired) electrons. The van der Waals surface area contributed by atoms with Crippen LogP contribution in [0.1, 0.15) is 50.8 Å². The Labute approximate surface area is 123 Å². The Kier molecular flexibility index (Phi) is 4.11. The maximum Gasteiger partial charge on any atom is 0.336 e. The summed E-state index contributed by atoms with van der Waals surface area (Å²) < 4.78 is 3.36. The average Bonchev–Trinajstić information content (AvgIpc) is 2.98. The van der Waals surface area contributed by atoms with Crippen molar-refractivity contribution in [3.63, 3.8) is 0 Å². The highest BCUT2D eigenvalue weighted by molar-refractivity contribution is 5.52. The average molecular weight is 291 g/mol. The zero-order valence-electron chi connectivity index (χ0n) is 13.1. The Morgan fingerprint density at radius 3 is 2.43 bits per heavy atom. The molecule has 0 aliphatic heterocycles. The second kappa shape index (κ2) is 5.67. The molecule has 0 fully saturated rings. The second-order valence-electron chi connectivity index (χ2n) is 5.30. The van der Waals surface area contributed by atoms with E-state index in [0.717, 1.165) is 24.2 Å². The number of nitro groups is 1. The van der Waals surface area contributed by atoms with Gasteiger partial charge in [-0.25, -0.2) is 9.36 Å². The standard InChI is InChI=1S/C14H21N5O2/c1-6-11-8-12(7-2)18(16-11)14-13(19(20)21)10(5)15-17(14)9(3)4/h8-9H,6-7H2,1-5H3. The minimum Gasteiger partial charge on any atom is -0.258 e. The lowest BCUT2D eigenvalue weighted by atomic mass is 10.2. The van der Waals surface area contributed by atoms with E-state index >= 15 is 0 Å². The van der Waals surface area contributed by atoms with E-state index in [1.165, 1.54) is 0 Å². The summed E-state index contributed by atoms with van der Waals surface area (Å²) in [5, 5.41) is 20.3. The Morgan fingerprint density at radius 1 is 1.29 bits per heavy atom. The van der Waals surface area contributed by atoms with Crippen LogP contribution in [0.25, 0.3) is 5.82 Å². The molecule has 2 rings (SSSR count). The Balaban J connectivity index is 2.77. The van der Waals surface area contributed by atoms with Gasteiger partial charge >= 0.3 is 5.69 Å². The van der Waals surface area contributed by atoms with Gasteiger partial charge in [-0.1, -0.05) is 13.8 Å². The molecule has 2 aromatic rings. The van der Waals surface area contributed by atoms with Crippen molar-refractivity contribution in [2.45, 2.75) is 53.5 Å². The first-order valence-electron chi connectivity index (χ1n) is 7.22. The zero-order valence-corrected chi connectivity index (χ0v) is 13.1. The molecule has 0 aromatic carbocycles. The van der Waals surface area contributed by atoms with Crippen molar-refractivity contribution in [3.05, 3.63) is 33.3 Å². The molecule has 0 unspecified atom stereocenters. The van der Waals surface area contributed by atoms with Gasteiger partial charge in [-0.05, 0) is 39.7 Å². The number of hydrogen-bond donors (Lipinski definition) is 0. The van der Waals surface area contributed by atoms with Crippen LogP contribution in [0.5, 0.6) is 0 Å². The highest BCUT2D eigenvalue weighted by Gasteiger charge is 2.29. The van der Waals surface area contributed by atoms with Crippen LogP contribution < -0.4 is 0 Å². The normalized spacial score (nSPS) is 11.3. The quantitative estimate of drug-likeness (QED) is 0.626. The molecule has 7 heteroatoms. The third kappa shape index (κ3) is 2.55. The summed E-state index contributed by atoms with van der Waals surface area (Å²) in [4.78, 5) is 11.1. The Hall–Kier alpha value is -2.18. The number of aromatic nitrogens is 4. The summed E-state index contributed by atoms with van der Waals surface area (Å²) in [5.41, 5.74) is 2.33. The number of nitrogens with zero attached hydrogens (tertiary/aromatic N) is 5. The molecule has 21 heavy (non-hydrogen) atoms. The third-order valence-corrected chi connectivity index (χ3v) is 3.46. The summed E-state index contributed by atoms with van der Waals surface area (Å²) >= 11 is 0. The Bertz CT molecular complexity index is 669. The van der Waals surface area contributed by atoms with Crippen molar-refractivity contribution < 1.29 is 4.92 Å². The third-order valence-electron chi connectivity index (χ3n) is 3.46. The molecule has 0 atom stereocenters. The van der Waals surface area contributed by atoms with Crippen LogP contribution in [-0.4, -0.2) is 24.5 Å². The van der Waals surface area contributed by atoms with Crippen molar-refractivity contribution in [1.29, 1.82) is 0 Å². The first-order chi connectivity index (χ1) is 9.90. The van der Waals surface area contributed by atoms with Gasteiger partial charge in [0.1, 0.15) is 5.69 Å². The summed E-state index contributed by atoms with van der Waals surface area (Å²) in [5.74, 6) is 0.448. The van der Waals surface area contributed by atoms with E-state index in [2.05, 4.69) is 10.2 Å². The lowest BCUT2D eigenvalue weighted by molar-refractivity contribution is -0.385. The molecular formula is C14H21N5O2. The van der Waals surface area contributed by atoms with Crippen LogP contribution in [0.15, 0.2) is 6.07 Å². The van der Waals surface area contributed by atoms with E-state index < -0.39 is 0 Å².